The Morgan fingerprint density at radius 1 is 1.14 bits per heavy atom. The van der Waals surface area contributed by atoms with Gasteiger partial charge >= 0.3 is 0 Å². The number of rotatable bonds is 5. The van der Waals surface area contributed by atoms with Crippen LogP contribution in [0.4, 0.5) is 0 Å². The lowest BCUT2D eigenvalue weighted by Crippen LogP contribution is -2.38. The number of hydrogen-bond acceptors (Lipinski definition) is 3. The van der Waals surface area contributed by atoms with Gasteiger partial charge in [-0.25, -0.2) is 0 Å². The standard InChI is InChI=1S/C18H28N2O/c1-2-7-18(6-1)8-10-20(11-9-18)14-15-5-12-21-17(15)13-19-16-3-4-16/h5,12,16,19H,1-4,6-11,13-14H2. The summed E-state index contributed by atoms with van der Waals surface area (Å²) in [5.41, 5.74) is 2.12. The van der Waals surface area contributed by atoms with E-state index in [2.05, 4.69) is 16.3 Å². The van der Waals surface area contributed by atoms with Crippen LogP contribution in [0.15, 0.2) is 16.7 Å². The van der Waals surface area contributed by atoms with Crippen LogP contribution < -0.4 is 5.32 Å². The average molecular weight is 288 g/mol. The minimum Gasteiger partial charge on any atom is -0.468 e. The smallest absolute Gasteiger partial charge is 0.122 e. The molecule has 3 aliphatic rings. The Bertz CT molecular complexity index is 461. The van der Waals surface area contributed by atoms with Crippen LogP contribution in [-0.2, 0) is 13.1 Å². The molecule has 1 aliphatic heterocycles. The first-order valence-corrected chi connectivity index (χ1v) is 8.84. The molecule has 4 rings (SSSR count). The summed E-state index contributed by atoms with van der Waals surface area (Å²) in [6.07, 6.45) is 13.3. The topological polar surface area (TPSA) is 28.4 Å². The second-order valence-corrected chi connectivity index (χ2v) is 7.51. The summed E-state index contributed by atoms with van der Waals surface area (Å²) in [4.78, 5) is 2.63. The lowest BCUT2D eigenvalue weighted by Gasteiger charge is -2.39. The molecule has 116 valence electrons. The van der Waals surface area contributed by atoms with Crippen molar-refractivity contribution in [3.63, 3.8) is 0 Å². The van der Waals surface area contributed by atoms with Crippen LogP contribution in [0, 0.1) is 5.41 Å². The normalized spacial score (nSPS) is 25.7. The van der Waals surface area contributed by atoms with Gasteiger partial charge in [0.15, 0.2) is 0 Å². The summed E-state index contributed by atoms with van der Waals surface area (Å²) in [6.45, 7) is 4.54. The molecular formula is C18H28N2O. The van der Waals surface area contributed by atoms with Gasteiger partial charge in [-0.1, -0.05) is 12.8 Å². The molecule has 1 aromatic rings. The minimum absolute atomic E-state index is 0.725. The predicted octanol–water partition coefficient (Wildman–Crippen LogP) is 3.69. The van der Waals surface area contributed by atoms with Crippen molar-refractivity contribution < 1.29 is 4.42 Å². The second-order valence-electron chi connectivity index (χ2n) is 7.51. The molecule has 0 atom stereocenters. The molecule has 0 amide bonds. The van der Waals surface area contributed by atoms with Crippen molar-refractivity contribution in [2.24, 2.45) is 5.41 Å². The van der Waals surface area contributed by atoms with Crippen LogP contribution in [0.5, 0.6) is 0 Å². The van der Waals surface area contributed by atoms with Crippen molar-refractivity contribution >= 4 is 0 Å². The van der Waals surface area contributed by atoms with Gasteiger partial charge in [0.05, 0.1) is 12.8 Å². The lowest BCUT2D eigenvalue weighted by atomic mass is 9.77. The van der Waals surface area contributed by atoms with Gasteiger partial charge in [-0.15, -0.1) is 0 Å². The van der Waals surface area contributed by atoms with Gasteiger partial charge in [0.2, 0.25) is 0 Å². The molecule has 0 radical (unpaired) electrons. The molecule has 2 saturated carbocycles. The van der Waals surface area contributed by atoms with Crippen molar-refractivity contribution in [1.29, 1.82) is 0 Å². The molecule has 0 unspecified atom stereocenters. The SMILES string of the molecule is c1cc(CN2CCC3(CCCC3)CC2)c(CNC2CC2)o1. The first-order valence-electron chi connectivity index (χ1n) is 8.84. The van der Waals surface area contributed by atoms with Crippen LogP contribution in [0.1, 0.15) is 62.7 Å². The number of furan rings is 1. The predicted molar refractivity (Wildman–Crippen MR) is 84.0 cm³/mol. The van der Waals surface area contributed by atoms with Gasteiger partial charge in [0.25, 0.3) is 0 Å². The second kappa shape index (κ2) is 5.77. The van der Waals surface area contributed by atoms with Crippen molar-refractivity contribution in [3.05, 3.63) is 23.7 Å². The first kappa shape index (κ1) is 13.8. The van der Waals surface area contributed by atoms with Gasteiger partial charge in [-0.3, -0.25) is 4.90 Å². The van der Waals surface area contributed by atoms with Crippen molar-refractivity contribution in [2.45, 2.75) is 70.5 Å². The number of nitrogens with zero attached hydrogens (tertiary/aromatic N) is 1. The Kier molecular flexibility index (Phi) is 3.80. The quantitative estimate of drug-likeness (QED) is 0.896. The van der Waals surface area contributed by atoms with Gasteiger partial charge in [-0.2, -0.15) is 0 Å². The molecular weight excluding hydrogens is 260 g/mol. The minimum atomic E-state index is 0.725. The average Bonchev–Trinajstić information content (AvgIpc) is 3.05. The molecule has 1 saturated heterocycles. The van der Waals surface area contributed by atoms with Gasteiger partial charge < -0.3 is 9.73 Å². The Morgan fingerprint density at radius 2 is 1.90 bits per heavy atom. The molecule has 1 spiro atoms. The van der Waals surface area contributed by atoms with E-state index in [1.165, 1.54) is 70.0 Å². The number of likely N-dealkylation sites (tertiary alicyclic amines) is 1. The van der Waals surface area contributed by atoms with Gasteiger partial charge in [0.1, 0.15) is 5.76 Å². The van der Waals surface area contributed by atoms with E-state index in [9.17, 15) is 0 Å². The van der Waals surface area contributed by atoms with E-state index in [4.69, 9.17) is 4.42 Å². The molecule has 3 fully saturated rings. The number of nitrogens with one attached hydrogen (secondary N) is 1. The monoisotopic (exact) mass is 288 g/mol. The first-order chi connectivity index (χ1) is 10.3. The fraction of sp³-hybridized carbons (Fsp3) is 0.778. The summed E-state index contributed by atoms with van der Waals surface area (Å²) >= 11 is 0. The van der Waals surface area contributed by atoms with E-state index >= 15 is 0 Å². The van der Waals surface area contributed by atoms with Crippen molar-refractivity contribution in [1.82, 2.24) is 10.2 Å². The maximum absolute atomic E-state index is 5.69. The van der Waals surface area contributed by atoms with Crippen LogP contribution in [0.3, 0.4) is 0 Å². The Morgan fingerprint density at radius 3 is 2.62 bits per heavy atom. The third-order valence-electron chi connectivity index (χ3n) is 5.94. The zero-order valence-electron chi connectivity index (χ0n) is 13.1. The lowest BCUT2D eigenvalue weighted by molar-refractivity contribution is 0.103. The summed E-state index contributed by atoms with van der Waals surface area (Å²) < 4.78 is 5.69. The third kappa shape index (κ3) is 3.19. The highest BCUT2D eigenvalue weighted by Crippen LogP contribution is 2.46. The van der Waals surface area contributed by atoms with Crippen LogP contribution in [0.2, 0.25) is 0 Å². The fourth-order valence-electron chi connectivity index (χ4n) is 4.24. The van der Waals surface area contributed by atoms with E-state index < -0.39 is 0 Å². The van der Waals surface area contributed by atoms with Crippen molar-refractivity contribution in [2.75, 3.05) is 13.1 Å². The van der Waals surface area contributed by atoms with Crippen molar-refractivity contribution in [3.8, 4) is 0 Å². The Labute approximate surface area is 128 Å². The van der Waals surface area contributed by atoms with Gasteiger partial charge in [-0.05, 0) is 63.1 Å². The number of piperidine rings is 1. The Balaban J connectivity index is 1.31. The van der Waals surface area contributed by atoms with E-state index in [1.807, 2.05) is 6.26 Å². The zero-order valence-corrected chi connectivity index (χ0v) is 13.1. The van der Waals surface area contributed by atoms with E-state index in [1.54, 1.807) is 0 Å². The molecule has 3 heteroatoms. The molecule has 1 aromatic heterocycles. The fourth-order valence-corrected chi connectivity index (χ4v) is 4.24. The van der Waals surface area contributed by atoms with E-state index in [-0.39, 0.29) is 0 Å². The Hall–Kier alpha value is -0.800. The molecule has 0 aromatic carbocycles. The largest absolute Gasteiger partial charge is 0.468 e. The highest BCUT2D eigenvalue weighted by atomic mass is 16.3. The van der Waals surface area contributed by atoms with Crippen LogP contribution in [0.25, 0.3) is 0 Å². The zero-order chi connectivity index (χ0) is 14.1. The summed E-state index contributed by atoms with van der Waals surface area (Å²) in [5.74, 6) is 1.16. The molecule has 2 heterocycles. The summed E-state index contributed by atoms with van der Waals surface area (Å²) in [6, 6.07) is 2.92. The van der Waals surface area contributed by atoms with Crippen LogP contribution >= 0.6 is 0 Å². The molecule has 2 aliphatic carbocycles. The van der Waals surface area contributed by atoms with E-state index in [0.29, 0.717) is 0 Å². The molecule has 0 bridgehead atoms. The molecule has 1 N–H and O–H groups in total. The van der Waals surface area contributed by atoms with E-state index in [0.717, 1.165) is 30.3 Å². The highest BCUT2D eigenvalue weighted by Gasteiger charge is 2.36. The summed E-state index contributed by atoms with van der Waals surface area (Å²) in [5, 5.41) is 3.56. The number of hydrogen-bond donors (Lipinski definition) is 1. The molecule has 3 nitrogen and oxygen atoms in total. The highest BCUT2D eigenvalue weighted by molar-refractivity contribution is 5.17. The van der Waals surface area contributed by atoms with Crippen LogP contribution in [-0.4, -0.2) is 24.0 Å². The van der Waals surface area contributed by atoms with Gasteiger partial charge in [0, 0.05) is 18.2 Å². The maximum atomic E-state index is 5.69. The third-order valence-corrected chi connectivity index (χ3v) is 5.94. The summed E-state index contributed by atoms with van der Waals surface area (Å²) in [7, 11) is 0. The maximum Gasteiger partial charge on any atom is 0.122 e. The molecule has 21 heavy (non-hydrogen) atoms.